The summed E-state index contributed by atoms with van der Waals surface area (Å²) in [7, 11) is 0. The summed E-state index contributed by atoms with van der Waals surface area (Å²) in [5.41, 5.74) is 7.09. The lowest BCUT2D eigenvalue weighted by atomic mass is 10.0. The number of morpholine rings is 1. The van der Waals surface area contributed by atoms with Crippen molar-refractivity contribution < 1.29 is 4.74 Å². The van der Waals surface area contributed by atoms with Crippen molar-refractivity contribution in [3.63, 3.8) is 0 Å². The van der Waals surface area contributed by atoms with Crippen molar-refractivity contribution in [1.29, 1.82) is 0 Å². The normalized spacial score (nSPS) is 24.5. The van der Waals surface area contributed by atoms with Gasteiger partial charge in [-0.2, -0.15) is 0 Å². The summed E-state index contributed by atoms with van der Waals surface area (Å²) in [6, 6.07) is 3.79. The van der Waals surface area contributed by atoms with Crippen molar-refractivity contribution >= 4 is 0 Å². The fourth-order valence-electron chi connectivity index (χ4n) is 1.60. The van der Waals surface area contributed by atoms with Crippen molar-refractivity contribution in [2.45, 2.75) is 12.1 Å². The van der Waals surface area contributed by atoms with Gasteiger partial charge in [0.15, 0.2) is 0 Å². The minimum absolute atomic E-state index is 0.0629. The predicted molar refractivity (Wildman–Crippen MR) is 53.8 cm³/mol. The van der Waals surface area contributed by atoms with E-state index in [1.54, 1.807) is 12.4 Å². The van der Waals surface area contributed by atoms with Gasteiger partial charge in [0.2, 0.25) is 0 Å². The van der Waals surface area contributed by atoms with E-state index in [-0.39, 0.29) is 12.1 Å². The van der Waals surface area contributed by atoms with Gasteiger partial charge in [0.1, 0.15) is 0 Å². The van der Waals surface area contributed by atoms with Crippen molar-refractivity contribution in [2.24, 2.45) is 5.73 Å². The lowest BCUT2D eigenvalue weighted by molar-refractivity contribution is 0.0121. The summed E-state index contributed by atoms with van der Waals surface area (Å²) >= 11 is 0. The fraction of sp³-hybridized carbons (Fsp3) is 0.500. The van der Waals surface area contributed by atoms with Gasteiger partial charge in [-0.1, -0.05) is 6.07 Å². The third-order valence-electron chi connectivity index (χ3n) is 2.43. The molecule has 1 aliphatic heterocycles. The third kappa shape index (κ3) is 2.09. The highest BCUT2D eigenvalue weighted by molar-refractivity contribution is 5.15. The summed E-state index contributed by atoms with van der Waals surface area (Å²) in [6.07, 6.45) is 3.60. The molecule has 0 bridgehead atoms. The van der Waals surface area contributed by atoms with Crippen LogP contribution in [-0.4, -0.2) is 30.8 Å². The molecule has 0 aliphatic carbocycles. The molecule has 1 saturated heterocycles. The Bertz CT molecular complexity index is 272. The fourth-order valence-corrected chi connectivity index (χ4v) is 1.60. The summed E-state index contributed by atoms with van der Waals surface area (Å²) in [6.45, 7) is 2.46. The van der Waals surface area contributed by atoms with Crippen LogP contribution in [0.5, 0.6) is 0 Å². The van der Waals surface area contributed by atoms with Gasteiger partial charge in [0.25, 0.3) is 0 Å². The SMILES string of the molecule is NC(c1cccnc1)C1CNCCO1. The molecule has 76 valence electrons. The van der Waals surface area contributed by atoms with Crippen LogP contribution in [0.1, 0.15) is 11.6 Å². The minimum atomic E-state index is -0.0866. The van der Waals surface area contributed by atoms with Gasteiger partial charge in [0, 0.05) is 25.5 Å². The maximum absolute atomic E-state index is 6.06. The first-order chi connectivity index (χ1) is 6.88. The molecule has 0 saturated carbocycles. The van der Waals surface area contributed by atoms with Crippen LogP contribution >= 0.6 is 0 Å². The van der Waals surface area contributed by atoms with Crippen LogP contribution in [0.25, 0.3) is 0 Å². The molecule has 0 spiro atoms. The molecule has 1 fully saturated rings. The highest BCUT2D eigenvalue weighted by atomic mass is 16.5. The van der Waals surface area contributed by atoms with E-state index in [0.29, 0.717) is 0 Å². The number of rotatable bonds is 2. The Morgan fingerprint density at radius 1 is 1.64 bits per heavy atom. The van der Waals surface area contributed by atoms with Gasteiger partial charge in [-0.25, -0.2) is 0 Å². The number of hydrogen-bond donors (Lipinski definition) is 2. The Morgan fingerprint density at radius 2 is 2.57 bits per heavy atom. The molecule has 3 N–H and O–H groups in total. The highest BCUT2D eigenvalue weighted by Crippen LogP contribution is 2.16. The Balaban J connectivity index is 2.03. The summed E-state index contributed by atoms with van der Waals surface area (Å²) in [4.78, 5) is 4.04. The molecule has 2 heterocycles. The van der Waals surface area contributed by atoms with Crippen LogP contribution in [0.2, 0.25) is 0 Å². The summed E-state index contributed by atoms with van der Waals surface area (Å²) in [5, 5.41) is 3.26. The van der Waals surface area contributed by atoms with E-state index < -0.39 is 0 Å². The van der Waals surface area contributed by atoms with Crippen molar-refractivity contribution in [2.75, 3.05) is 19.7 Å². The van der Waals surface area contributed by atoms with Crippen LogP contribution in [0.15, 0.2) is 24.5 Å². The monoisotopic (exact) mass is 193 g/mol. The van der Waals surface area contributed by atoms with E-state index in [0.717, 1.165) is 25.3 Å². The van der Waals surface area contributed by atoms with E-state index in [4.69, 9.17) is 10.5 Å². The standard InChI is InChI=1S/C10H15N3O/c11-10(8-2-1-3-12-6-8)9-7-13-4-5-14-9/h1-3,6,9-10,13H,4-5,7,11H2. The maximum atomic E-state index is 6.06. The van der Waals surface area contributed by atoms with Crippen LogP contribution in [-0.2, 0) is 4.74 Å². The molecule has 0 radical (unpaired) electrons. The largest absolute Gasteiger partial charge is 0.374 e. The average molecular weight is 193 g/mol. The number of ether oxygens (including phenoxy) is 1. The van der Waals surface area contributed by atoms with Crippen molar-refractivity contribution in [1.82, 2.24) is 10.3 Å². The topological polar surface area (TPSA) is 60.2 Å². The second-order valence-corrected chi connectivity index (χ2v) is 3.43. The van der Waals surface area contributed by atoms with Crippen molar-refractivity contribution in [3.8, 4) is 0 Å². The first kappa shape index (κ1) is 9.58. The first-order valence-electron chi connectivity index (χ1n) is 4.86. The summed E-state index contributed by atoms with van der Waals surface area (Å²) in [5.74, 6) is 0. The molecule has 4 nitrogen and oxygen atoms in total. The maximum Gasteiger partial charge on any atom is 0.0892 e. The average Bonchev–Trinajstić information content (AvgIpc) is 2.30. The van der Waals surface area contributed by atoms with Gasteiger partial charge in [-0.05, 0) is 11.6 Å². The minimum Gasteiger partial charge on any atom is -0.374 e. The number of nitrogens with one attached hydrogen (secondary N) is 1. The zero-order valence-electron chi connectivity index (χ0n) is 8.02. The van der Waals surface area contributed by atoms with Gasteiger partial charge in [-0.15, -0.1) is 0 Å². The third-order valence-corrected chi connectivity index (χ3v) is 2.43. The van der Waals surface area contributed by atoms with Gasteiger partial charge in [-0.3, -0.25) is 4.98 Å². The molecule has 2 atom stereocenters. The number of nitrogens with two attached hydrogens (primary N) is 1. The van der Waals surface area contributed by atoms with E-state index in [1.807, 2.05) is 12.1 Å². The first-order valence-corrected chi connectivity index (χ1v) is 4.86. The van der Waals surface area contributed by atoms with Gasteiger partial charge >= 0.3 is 0 Å². The lowest BCUT2D eigenvalue weighted by Crippen LogP contribution is -2.44. The Kier molecular flexibility index (Phi) is 3.08. The second-order valence-electron chi connectivity index (χ2n) is 3.43. The molecule has 4 heteroatoms. The summed E-state index contributed by atoms with van der Waals surface area (Å²) < 4.78 is 5.58. The Morgan fingerprint density at radius 3 is 3.21 bits per heavy atom. The molecule has 0 aromatic carbocycles. The molecular formula is C10H15N3O. The van der Waals surface area contributed by atoms with Gasteiger partial charge in [0.05, 0.1) is 18.8 Å². The lowest BCUT2D eigenvalue weighted by Gasteiger charge is -2.28. The molecule has 2 rings (SSSR count). The smallest absolute Gasteiger partial charge is 0.0892 e. The Labute approximate surface area is 83.5 Å². The van der Waals surface area contributed by atoms with E-state index >= 15 is 0 Å². The predicted octanol–water partition coefficient (Wildman–Crippen LogP) is 0.0698. The Hall–Kier alpha value is -0.970. The molecule has 1 aliphatic rings. The molecule has 2 unspecified atom stereocenters. The molecule has 1 aromatic heterocycles. The number of pyridine rings is 1. The van der Waals surface area contributed by atoms with Crippen LogP contribution in [0.4, 0.5) is 0 Å². The number of nitrogens with zero attached hydrogens (tertiary/aromatic N) is 1. The van der Waals surface area contributed by atoms with E-state index in [1.165, 1.54) is 0 Å². The van der Waals surface area contributed by atoms with Crippen LogP contribution < -0.4 is 11.1 Å². The van der Waals surface area contributed by atoms with Gasteiger partial charge < -0.3 is 15.8 Å². The molecule has 14 heavy (non-hydrogen) atoms. The zero-order chi connectivity index (χ0) is 9.80. The van der Waals surface area contributed by atoms with E-state index in [9.17, 15) is 0 Å². The van der Waals surface area contributed by atoms with Crippen molar-refractivity contribution in [3.05, 3.63) is 30.1 Å². The van der Waals surface area contributed by atoms with Crippen LogP contribution in [0.3, 0.4) is 0 Å². The van der Waals surface area contributed by atoms with E-state index in [2.05, 4.69) is 10.3 Å². The molecule has 0 amide bonds. The van der Waals surface area contributed by atoms with Crippen LogP contribution in [0, 0.1) is 0 Å². The number of aromatic nitrogens is 1. The zero-order valence-corrected chi connectivity index (χ0v) is 8.02. The second kappa shape index (κ2) is 4.50. The molecule has 1 aromatic rings. The quantitative estimate of drug-likeness (QED) is 0.698. The highest BCUT2D eigenvalue weighted by Gasteiger charge is 2.22. The number of hydrogen-bond acceptors (Lipinski definition) is 4. The molecular weight excluding hydrogens is 178 g/mol.